The number of amides is 1. The second-order valence-corrected chi connectivity index (χ2v) is 6.00. The Balaban J connectivity index is 1.53. The summed E-state index contributed by atoms with van der Waals surface area (Å²) >= 11 is 0. The van der Waals surface area contributed by atoms with Crippen molar-refractivity contribution < 1.29 is 9.53 Å². The normalized spacial score (nSPS) is 16.9. The molecule has 23 heavy (non-hydrogen) atoms. The third kappa shape index (κ3) is 3.97. The Morgan fingerprint density at radius 2 is 1.96 bits per heavy atom. The first-order valence-electron chi connectivity index (χ1n) is 7.84. The molecule has 1 aromatic carbocycles. The van der Waals surface area contributed by atoms with Gasteiger partial charge in [0, 0.05) is 38.7 Å². The van der Waals surface area contributed by atoms with E-state index in [9.17, 15) is 4.79 Å². The van der Waals surface area contributed by atoms with Gasteiger partial charge in [0.1, 0.15) is 0 Å². The number of carbonyl (C=O) groups excluding carboxylic acids is 1. The van der Waals surface area contributed by atoms with Gasteiger partial charge in [-0.05, 0) is 24.0 Å². The summed E-state index contributed by atoms with van der Waals surface area (Å²) in [7, 11) is 0. The molecule has 1 aliphatic rings. The van der Waals surface area contributed by atoms with Crippen LogP contribution in [-0.4, -0.2) is 34.2 Å². The fourth-order valence-electron chi connectivity index (χ4n) is 2.67. The molecule has 122 valence electrons. The number of nitrogens with one attached hydrogen (secondary N) is 1. The Bertz CT molecular complexity index is 631. The largest absolute Gasteiger partial charge is 0.381 e. The molecule has 0 unspecified atom stereocenters. The molecule has 1 aromatic heterocycles. The predicted molar refractivity (Wildman–Crippen MR) is 86.6 cm³/mol. The maximum absolute atomic E-state index is 12.3. The molecule has 6 heteroatoms. The molecule has 3 rings (SSSR count). The van der Waals surface area contributed by atoms with Crippen LogP contribution < -0.4 is 11.1 Å². The van der Waals surface area contributed by atoms with E-state index in [1.807, 2.05) is 22.9 Å². The summed E-state index contributed by atoms with van der Waals surface area (Å²) in [6.07, 6.45) is 6.64. The number of imidazole rings is 1. The highest BCUT2D eigenvalue weighted by molar-refractivity contribution is 5.86. The van der Waals surface area contributed by atoms with Crippen molar-refractivity contribution in [3.8, 4) is 0 Å². The number of nitrogens with two attached hydrogens (primary N) is 1. The highest BCUT2D eigenvalue weighted by Gasteiger charge is 2.35. The SMILES string of the molecule is NC1(C(=O)NCc2ccc(Cn3ccnc3)cc2)CCOCC1. The summed E-state index contributed by atoms with van der Waals surface area (Å²) in [5.41, 5.74) is 7.62. The van der Waals surface area contributed by atoms with Gasteiger partial charge >= 0.3 is 0 Å². The summed E-state index contributed by atoms with van der Waals surface area (Å²) in [6.45, 7) is 2.38. The van der Waals surface area contributed by atoms with E-state index in [0.717, 1.165) is 12.1 Å². The van der Waals surface area contributed by atoms with E-state index in [1.165, 1.54) is 5.56 Å². The number of rotatable bonds is 5. The molecule has 1 saturated heterocycles. The van der Waals surface area contributed by atoms with Gasteiger partial charge in [-0.1, -0.05) is 24.3 Å². The van der Waals surface area contributed by atoms with E-state index < -0.39 is 5.54 Å². The van der Waals surface area contributed by atoms with Gasteiger partial charge in [0.05, 0.1) is 11.9 Å². The van der Waals surface area contributed by atoms with Crippen LogP contribution in [0.3, 0.4) is 0 Å². The Morgan fingerprint density at radius 1 is 1.26 bits per heavy atom. The molecule has 0 saturated carbocycles. The number of benzene rings is 1. The molecule has 1 amide bonds. The first-order chi connectivity index (χ1) is 11.2. The molecular formula is C17H22N4O2. The average Bonchev–Trinajstić information content (AvgIpc) is 3.07. The van der Waals surface area contributed by atoms with Crippen molar-refractivity contribution >= 4 is 5.91 Å². The van der Waals surface area contributed by atoms with Gasteiger partial charge in [0.15, 0.2) is 0 Å². The van der Waals surface area contributed by atoms with Gasteiger partial charge < -0.3 is 20.4 Å². The van der Waals surface area contributed by atoms with Crippen molar-refractivity contribution in [1.82, 2.24) is 14.9 Å². The number of ether oxygens (including phenoxy) is 1. The Morgan fingerprint density at radius 3 is 2.61 bits per heavy atom. The van der Waals surface area contributed by atoms with Gasteiger partial charge in [0.2, 0.25) is 5.91 Å². The van der Waals surface area contributed by atoms with E-state index in [0.29, 0.717) is 32.6 Å². The first kappa shape index (κ1) is 15.7. The van der Waals surface area contributed by atoms with E-state index in [1.54, 1.807) is 12.5 Å². The monoisotopic (exact) mass is 314 g/mol. The highest BCUT2D eigenvalue weighted by Crippen LogP contribution is 2.18. The van der Waals surface area contributed by atoms with Crippen LogP contribution in [0, 0.1) is 0 Å². The van der Waals surface area contributed by atoms with E-state index in [2.05, 4.69) is 22.4 Å². The molecule has 6 nitrogen and oxygen atoms in total. The van der Waals surface area contributed by atoms with Crippen molar-refractivity contribution in [1.29, 1.82) is 0 Å². The van der Waals surface area contributed by atoms with Crippen molar-refractivity contribution in [2.45, 2.75) is 31.5 Å². The zero-order valence-electron chi connectivity index (χ0n) is 13.1. The zero-order valence-corrected chi connectivity index (χ0v) is 13.1. The quantitative estimate of drug-likeness (QED) is 0.864. The van der Waals surface area contributed by atoms with E-state index in [4.69, 9.17) is 10.5 Å². The number of aromatic nitrogens is 2. The minimum absolute atomic E-state index is 0.0942. The molecule has 0 bridgehead atoms. The molecule has 2 heterocycles. The minimum atomic E-state index is -0.792. The van der Waals surface area contributed by atoms with Crippen LogP contribution in [0.5, 0.6) is 0 Å². The molecule has 1 aliphatic heterocycles. The van der Waals surface area contributed by atoms with Gasteiger partial charge in [-0.15, -0.1) is 0 Å². The van der Waals surface area contributed by atoms with Gasteiger partial charge in [-0.2, -0.15) is 0 Å². The van der Waals surface area contributed by atoms with Crippen LogP contribution in [-0.2, 0) is 22.6 Å². The first-order valence-corrected chi connectivity index (χ1v) is 7.84. The molecule has 0 atom stereocenters. The van der Waals surface area contributed by atoms with E-state index in [-0.39, 0.29) is 5.91 Å². The lowest BCUT2D eigenvalue weighted by molar-refractivity contribution is -0.129. The van der Waals surface area contributed by atoms with Gasteiger partial charge in [0.25, 0.3) is 0 Å². The lowest BCUT2D eigenvalue weighted by Crippen LogP contribution is -2.56. The van der Waals surface area contributed by atoms with Crippen molar-refractivity contribution in [2.24, 2.45) is 5.73 Å². The minimum Gasteiger partial charge on any atom is -0.381 e. The summed E-state index contributed by atoms with van der Waals surface area (Å²) in [6, 6.07) is 8.18. The molecule has 1 fully saturated rings. The van der Waals surface area contributed by atoms with Gasteiger partial charge in [-0.25, -0.2) is 4.98 Å². The van der Waals surface area contributed by atoms with Crippen LogP contribution in [0.25, 0.3) is 0 Å². The second-order valence-electron chi connectivity index (χ2n) is 6.00. The van der Waals surface area contributed by atoms with E-state index >= 15 is 0 Å². The summed E-state index contributed by atoms with van der Waals surface area (Å²) in [5, 5.41) is 2.94. The van der Waals surface area contributed by atoms with Crippen molar-refractivity contribution in [3.05, 3.63) is 54.1 Å². The van der Waals surface area contributed by atoms with Crippen LogP contribution in [0.1, 0.15) is 24.0 Å². The average molecular weight is 314 g/mol. The van der Waals surface area contributed by atoms with Crippen molar-refractivity contribution in [2.75, 3.05) is 13.2 Å². The molecular weight excluding hydrogens is 292 g/mol. The lowest BCUT2D eigenvalue weighted by Gasteiger charge is -2.31. The third-order valence-electron chi connectivity index (χ3n) is 4.24. The lowest BCUT2D eigenvalue weighted by atomic mass is 9.90. The summed E-state index contributed by atoms with van der Waals surface area (Å²) in [5.74, 6) is -0.0942. The fourth-order valence-corrected chi connectivity index (χ4v) is 2.67. The Labute approximate surface area is 135 Å². The summed E-state index contributed by atoms with van der Waals surface area (Å²) in [4.78, 5) is 16.3. The van der Waals surface area contributed by atoms with Crippen LogP contribution in [0.15, 0.2) is 43.0 Å². The molecule has 0 aliphatic carbocycles. The molecule has 0 spiro atoms. The number of nitrogens with zero attached hydrogens (tertiary/aromatic N) is 2. The standard InChI is InChI=1S/C17H22N4O2/c18-17(5-9-23-10-6-17)16(22)20-11-14-1-3-15(4-2-14)12-21-8-7-19-13-21/h1-4,7-8,13H,5-6,9-12,18H2,(H,20,22). The molecule has 3 N–H and O–H groups in total. The topological polar surface area (TPSA) is 82.2 Å². The van der Waals surface area contributed by atoms with Crippen LogP contribution in [0.4, 0.5) is 0 Å². The predicted octanol–water partition coefficient (Wildman–Crippen LogP) is 1.06. The fraction of sp³-hybridized carbons (Fsp3) is 0.412. The summed E-state index contributed by atoms with van der Waals surface area (Å²) < 4.78 is 7.28. The van der Waals surface area contributed by atoms with Crippen LogP contribution in [0.2, 0.25) is 0 Å². The smallest absolute Gasteiger partial charge is 0.240 e. The van der Waals surface area contributed by atoms with Crippen molar-refractivity contribution in [3.63, 3.8) is 0 Å². The molecule has 0 radical (unpaired) electrons. The maximum atomic E-state index is 12.3. The number of hydrogen-bond donors (Lipinski definition) is 2. The number of hydrogen-bond acceptors (Lipinski definition) is 4. The highest BCUT2D eigenvalue weighted by atomic mass is 16.5. The van der Waals surface area contributed by atoms with Gasteiger partial charge in [-0.3, -0.25) is 4.79 Å². The third-order valence-corrected chi connectivity index (χ3v) is 4.24. The van der Waals surface area contributed by atoms with Crippen LogP contribution >= 0.6 is 0 Å². The maximum Gasteiger partial charge on any atom is 0.240 e. The number of carbonyl (C=O) groups is 1. The Kier molecular flexibility index (Phi) is 4.73. The molecule has 2 aromatic rings. The second kappa shape index (κ2) is 6.93. The Hall–Kier alpha value is -2.18. The zero-order chi connectivity index (χ0) is 16.1.